The molecule has 3 nitrogen and oxygen atoms in total. The highest BCUT2D eigenvalue weighted by Gasteiger charge is 2.47. The molecule has 0 amide bonds. The maximum Gasteiger partial charge on any atom is 0.162 e. The van der Waals surface area contributed by atoms with Gasteiger partial charge in [0.15, 0.2) is 21.5 Å². The maximum atomic E-state index is 13.6. The Morgan fingerprint density at radius 1 is 1.42 bits per heavy atom. The molecule has 0 radical (unpaired) electrons. The number of sulfone groups is 1. The lowest BCUT2D eigenvalue weighted by molar-refractivity contribution is 0.0502. The van der Waals surface area contributed by atoms with E-state index in [1.165, 1.54) is 12.1 Å². The van der Waals surface area contributed by atoms with Gasteiger partial charge in [-0.2, -0.15) is 0 Å². The van der Waals surface area contributed by atoms with Gasteiger partial charge >= 0.3 is 0 Å². The van der Waals surface area contributed by atoms with Crippen molar-refractivity contribution in [3.63, 3.8) is 0 Å². The lowest BCUT2D eigenvalue weighted by Gasteiger charge is -2.29. The fraction of sp³-hybridized carbons (Fsp3) is 0.538. The van der Waals surface area contributed by atoms with Crippen LogP contribution >= 0.6 is 0 Å². The molecule has 0 aliphatic heterocycles. The zero-order valence-corrected chi connectivity index (χ0v) is 11.4. The number of halogens is 2. The van der Waals surface area contributed by atoms with Crippen LogP contribution < -0.4 is 0 Å². The van der Waals surface area contributed by atoms with Crippen molar-refractivity contribution in [1.82, 2.24) is 0 Å². The van der Waals surface area contributed by atoms with Crippen LogP contribution in [0.25, 0.3) is 0 Å². The zero-order chi connectivity index (χ0) is 14.3. The molecule has 1 fully saturated rings. The lowest BCUT2D eigenvalue weighted by Crippen LogP contribution is -2.44. The first-order valence-corrected chi connectivity index (χ1v) is 8.04. The van der Waals surface area contributed by atoms with Crippen LogP contribution in [-0.2, 0) is 16.3 Å². The molecule has 0 aromatic heterocycles. The van der Waals surface area contributed by atoms with E-state index in [1.54, 1.807) is 0 Å². The molecule has 1 aliphatic carbocycles. The van der Waals surface area contributed by atoms with E-state index in [2.05, 4.69) is 0 Å². The summed E-state index contributed by atoms with van der Waals surface area (Å²) < 4.78 is 50.1. The molecule has 2 unspecified atom stereocenters. The summed E-state index contributed by atoms with van der Waals surface area (Å²) >= 11 is 0. The van der Waals surface area contributed by atoms with Crippen LogP contribution in [0.4, 0.5) is 8.78 Å². The van der Waals surface area contributed by atoms with Crippen molar-refractivity contribution in [1.29, 1.82) is 0 Å². The number of benzene rings is 1. The van der Waals surface area contributed by atoms with E-state index < -0.39 is 32.3 Å². The summed E-state index contributed by atoms with van der Waals surface area (Å²) in [5.41, 5.74) is -1.50. The minimum atomic E-state index is -3.42. The van der Waals surface area contributed by atoms with E-state index in [-0.39, 0.29) is 18.4 Å². The molecular weight excluding hydrogens is 274 g/mol. The Balaban J connectivity index is 2.33. The van der Waals surface area contributed by atoms with Crippen LogP contribution in [0.15, 0.2) is 18.2 Å². The molecule has 106 valence electrons. The molecule has 1 saturated carbocycles. The van der Waals surface area contributed by atoms with Crippen LogP contribution in [0.5, 0.6) is 0 Å². The molecule has 0 spiro atoms. The molecule has 2 atom stereocenters. The monoisotopic (exact) mass is 290 g/mol. The first-order valence-electron chi connectivity index (χ1n) is 6.08. The number of hydrogen-bond acceptors (Lipinski definition) is 3. The topological polar surface area (TPSA) is 54.4 Å². The molecule has 1 aromatic rings. The van der Waals surface area contributed by atoms with Crippen molar-refractivity contribution in [2.24, 2.45) is 0 Å². The molecule has 2 rings (SSSR count). The van der Waals surface area contributed by atoms with Gasteiger partial charge in [-0.3, -0.25) is 0 Å². The van der Waals surface area contributed by atoms with E-state index >= 15 is 0 Å². The van der Waals surface area contributed by atoms with Gasteiger partial charge in [0, 0.05) is 12.7 Å². The Hall–Kier alpha value is -1.01. The average Bonchev–Trinajstić information content (AvgIpc) is 2.67. The summed E-state index contributed by atoms with van der Waals surface area (Å²) in [6.45, 7) is 0. The van der Waals surface area contributed by atoms with Crippen LogP contribution in [0.3, 0.4) is 0 Å². The van der Waals surface area contributed by atoms with Gasteiger partial charge in [0.05, 0.1) is 10.9 Å². The second-order valence-electron chi connectivity index (χ2n) is 5.20. The van der Waals surface area contributed by atoms with E-state index in [0.717, 1.165) is 12.3 Å². The zero-order valence-electron chi connectivity index (χ0n) is 10.6. The van der Waals surface area contributed by atoms with Crippen molar-refractivity contribution in [2.45, 2.75) is 36.5 Å². The Kier molecular flexibility index (Phi) is 3.66. The molecule has 1 aliphatic rings. The molecular formula is C13H16F2O3S. The van der Waals surface area contributed by atoms with Crippen LogP contribution in [0.2, 0.25) is 0 Å². The summed E-state index contributed by atoms with van der Waals surface area (Å²) in [4.78, 5) is 0. The fourth-order valence-electron chi connectivity index (χ4n) is 2.85. The minimum absolute atomic E-state index is 0.0121. The van der Waals surface area contributed by atoms with Crippen molar-refractivity contribution in [3.05, 3.63) is 35.4 Å². The third-order valence-corrected chi connectivity index (χ3v) is 5.43. The highest BCUT2D eigenvalue weighted by molar-refractivity contribution is 7.91. The van der Waals surface area contributed by atoms with Gasteiger partial charge in [-0.1, -0.05) is 12.1 Å². The fourth-order valence-corrected chi connectivity index (χ4v) is 4.45. The van der Waals surface area contributed by atoms with E-state index in [1.807, 2.05) is 0 Å². The highest BCUT2D eigenvalue weighted by atomic mass is 32.2. The molecule has 0 heterocycles. The van der Waals surface area contributed by atoms with Crippen molar-refractivity contribution in [3.8, 4) is 0 Å². The van der Waals surface area contributed by atoms with Gasteiger partial charge in [-0.25, -0.2) is 17.2 Å². The smallest absolute Gasteiger partial charge is 0.162 e. The van der Waals surface area contributed by atoms with Crippen molar-refractivity contribution >= 4 is 9.84 Å². The molecule has 1 N–H and O–H groups in total. The second-order valence-corrected chi connectivity index (χ2v) is 7.43. The third kappa shape index (κ3) is 2.79. The van der Waals surface area contributed by atoms with E-state index in [0.29, 0.717) is 12.8 Å². The van der Waals surface area contributed by atoms with Gasteiger partial charge in [0.2, 0.25) is 0 Å². The average molecular weight is 290 g/mol. The SMILES string of the molecule is CS(=O)(=O)C1CCCC1(O)Cc1cccc(F)c1F. The predicted molar refractivity (Wildman–Crippen MR) is 67.5 cm³/mol. The summed E-state index contributed by atoms with van der Waals surface area (Å²) in [5.74, 6) is -2.01. The molecule has 1 aromatic carbocycles. The van der Waals surface area contributed by atoms with Crippen molar-refractivity contribution in [2.75, 3.05) is 6.26 Å². The van der Waals surface area contributed by atoms with E-state index in [4.69, 9.17) is 0 Å². The summed E-state index contributed by atoms with van der Waals surface area (Å²) in [6, 6.07) is 3.71. The summed E-state index contributed by atoms with van der Waals surface area (Å²) in [5, 5.41) is 9.57. The largest absolute Gasteiger partial charge is 0.388 e. The predicted octanol–water partition coefficient (Wildman–Crippen LogP) is 1.84. The Morgan fingerprint density at radius 3 is 2.74 bits per heavy atom. The maximum absolute atomic E-state index is 13.6. The molecule has 0 saturated heterocycles. The Bertz CT molecular complexity index is 586. The summed E-state index contributed by atoms with van der Waals surface area (Å²) in [7, 11) is -3.42. The molecule has 19 heavy (non-hydrogen) atoms. The Labute approximate surface area is 111 Å². The van der Waals surface area contributed by atoms with E-state index in [9.17, 15) is 22.3 Å². The van der Waals surface area contributed by atoms with Crippen LogP contribution in [-0.4, -0.2) is 30.6 Å². The van der Waals surface area contributed by atoms with Crippen LogP contribution in [0, 0.1) is 11.6 Å². The lowest BCUT2D eigenvalue weighted by atomic mass is 9.92. The quantitative estimate of drug-likeness (QED) is 0.924. The summed E-state index contributed by atoms with van der Waals surface area (Å²) in [6.07, 6.45) is 2.07. The molecule has 6 heteroatoms. The van der Waals surface area contributed by atoms with Gasteiger partial charge in [-0.05, 0) is 30.9 Å². The van der Waals surface area contributed by atoms with Gasteiger partial charge in [0.1, 0.15) is 0 Å². The van der Waals surface area contributed by atoms with Gasteiger partial charge in [-0.15, -0.1) is 0 Å². The standard InChI is InChI=1S/C13H16F2O3S/c1-19(17,18)11-6-3-7-13(11,16)8-9-4-2-5-10(14)12(9)15/h2,4-5,11,16H,3,6-8H2,1H3. The first kappa shape index (κ1) is 14.4. The van der Waals surface area contributed by atoms with Gasteiger partial charge in [0.25, 0.3) is 0 Å². The van der Waals surface area contributed by atoms with Crippen molar-refractivity contribution < 1.29 is 22.3 Å². The number of rotatable bonds is 3. The third-order valence-electron chi connectivity index (χ3n) is 3.72. The first-order chi connectivity index (χ1) is 8.74. The molecule has 0 bridgehead atoms. The minimum Gasteiger partial charge on any atom is -0.388 e. The Morgan fingerprint density at radius 2 is 2.11 bits per heavy atom. The second kappa shape index (κ2) is 4.83. The number of aliphatic hydroxyl groups is 1. The number of hydrogen-bond donors (Lipinski definition) is 1. The highest BCUT2D eigenvalue weighted by Crippen LogP contribution is 2.37. The van der Waals surface area contributed by atoms with Crippen LogP contribution in [0.1, 0.15) is 24.8 Å². The normalized spacial score (nSPS) is 27.7. The van der Waals surface area contributed by atoms with Gasteiger partial charge < -0.3 is 5.11 Å².